The Morgan fingerprint density at radius 1 is 1.39 bits per heavy atom. The number of ether oxygens (including phenoxy) is 1. The molecule has 0 bridgehead atoms. The fraction of sp³-hybridized carbons (Fsp3) is 0.417. The summed E-state index contributed by atoms with van der Waals surface area (Å²) in [6.45, 7) is 2.13. The van der Waals surface area contributed by atoms with Gasteiger partial charge in [-0.05, 0) is 18.2 Å². The van der Waals surface area contributed by atoms with Crippen LogP contribution < -0.4 is 5.32 Å². The molecule has 1 unspecified atom stereocenters. The fourth-order valence-corrected chi connectivity index (χ4v) is 2.81. The van der Waals surface area contributed by atoms with Crippen LogP contribution in [0.5, 0.6) is 0 Å². The molecular weight excluding hydrogens is 300 g/mol. The number of aliphatic hydroxyl groups is 1. The standard InChI is InChI=1S/C12H13BrN2O3/c13-8-1-2-10-9(7-8)12(17,11(16)14-10)15-3-5-18-6-4-15/h1-2,7,17H,3-6H2,(H,14,16). The van der Waals surface area contributed by atoms with Crippen molar-refractivity contribution in [3.63, 3.8) is 0 Å². The van der Waals surface area contributed by atoms with Crippen molar-refractivity contribution in [2.24, 2.45) is 0 Å². The predicted molar refractivity (Wildman–Crippen MR) is 69.1 cm³/mol. The lowest BCUT2D eigenvalue weighted by molar-refractivity contribution is -0.168. The van der Waals surface area contributed by atoms with E-state index in [4.69, 9.17) is 4.74 Å². The average Bonchev–Trinajstić information content (AvgIpc) is 2.64. The predicted octanol–water partition coefficient (Wildman–Crippen LogP) is 0.879. The van der Waals surface area contributed by atoms with Crippen molar-refractivity contribution in [2.75, 3.05) is 31.6 Å². The Labute approximate surface area is 113 Å². The molecule has 0 radical (unpaired) electrons. The summed E-state index contributed by atoms with van der Waals surface area (Å²) < 4.78 is 6.09. The lowest BCUT2D eigenvalue weighted by atomic mass is 10.0. The van der Waals surface area contributed by atoms with Crippen LogP contribution in [-0.2, 0) is 15.3 Å². The Balaban J connectivity index is 2.05. The Morgan fingerprint density at radius 2 is 2.11 bits per heavy atom. The molecule has 6 heteroatoms. The molecule has 96 valence electrons. The SMILES string of the molecule is O=C1Nc2ccc(Br)cc2C1(O)N1CCOCC1. The first-order chi connectivity index (χ1) is 8.62. The quantitative estimate of drug-likeness (QED) is 0.808. The van der Waals surface area contributed by atoms with Gasteiger partial charge in [0.2, 0.25) is 5.72 Å². The molecular formula is C12H13BrN2O3. The maximum Gasteiger partial charge on any atom is 0.276 e. The van der Waals surface area contributed by atoms with E-state index in [1.807, 2.05) is 6.07 Å². The third-order valence-electron chi connectivity index (χ3n) is 3.39. The highest BCUT2D eigenvalue weighted by Gasteiger charge is 2.50. The number of nitrogens with one attached hydrogen (secondary N) is 1. The molecule has 0 aliphatic carbocycles. The minimum Gasteiger partial charge on any atom is -0.379 e. The van der Waals surface area contributed by atoms with E-state index in [2.05, 4.69) is 21.2 Å². The molecule has 0 spiro atoms. The van der Waals surface area contributed by atoms with Gasteiger partial charge in [-0.3, -0.25) is 9.69 Å². The maximum atomic E-state index is 12.1. The second-order valence-electron chi connectivity index (χ2n) is 4.42. The van der Waals surface area contributed by atoms with Gasteiger partial charge in [-0.1, -0.05) is 15.9 Å². The van der Waals surface area contributed by atoms with Crippen LogP contribution in [0.4, 0.5) is 5.69 Å². The summed E-state index contributed by atoms with van der Waals surface area (Å²) >= 11 is 3.37. The normalized spacial score (nSPS) is 28.0. The second-order valence-corrected chi connectivity index (χ2v) is 5.33. The van der Waals surface area contributed by atoms with E-state index >= 15 is 0 Å². The summed E-state index contributed by atoms with van der Waals surface area (Å²) in [7, 11) is 0. The highest BCUT2D eigenvalue weighted by molar-refractivity contribution is 9.10. The van der Waals surface area contributed by atoms with Crippen LogP contribution in [0.2, 0.25) is 0 Å². The van der Waals surface area contributed by atoms with Crippen LogP contribution in [0, 0.1) is 0 Å². The van der Waals surface area contributed by atoms with Gasteiger partial charge in [0.15, 0.2) is 0 Å². The topological polar surface area (TPSA) is 61.8 Å². The summed E-state index contributed by atoms with van der Waals surface area (Å²) in [6, 6.07) is 5.41. The molecule has 3 rings (SSSR count). The van der Waals surface area contributed by atoms with E-state index in [9.17, 15) is 9.90 Å². The summed E-state index contributed by atoms with van der Waals surface area (Å²) in [5.41, 5.74) is -0.316. The number of halogens is 1. The molecule has 1 fully saturated rings. The molecule has 0 saturated carbocycles. The van der Waals surface area contributed by atoms with Crippen molar-refractivity contribution in [2.45, 2.75) is 5.72 Å². The highest BCUT2D eigenvalue weighted by Crippen LogP contribution is 2.40. The van der Waals surface area contributed by atoms with Crippen molar-refractivity contribution in [3.05, 3.63) is 28.2 Å². The van der Waals surface area contributed by atoms with Crippen LogP contribution in [0.25, 0.3) is 0 Å². The number of anilines is 1. The summed E-state index contributed by atoms with van der Waals surface area (Å²) in [5, 5.41) is 13.5. The number of morpholine rings is 1. The molecule has 2 heterocycles. The van der Waals surface area contributed by atoms with Gasteiger partial charge in [0.1, 0.15) is 0 Å². The fourth-order valence-electron chi connectivity index (χ4n) is 2.45. The number of amides is 1. The molecule has 1 amide bonds. The van der Waals surface area contributed by atoms with Gasteiger partial charge in [-0.2, -0.15) is 0 Å². The van der Waals surface area contributed by atoms with Gasteiger partial charge >= 0.3 is 0 Å². The van der Waals surface area contributed by atoms with Crippen molar-refractivity contribution >= 4 is 27.5 Å². The van der Waals surface area contributed by atoms with E-state index in [0.717, 1.165) is 4.47 Å². The van der Waals surface area contributed by atoms with Gasteiger partial charge < -0.3 is 15.2 Å². The Hall–Kier alpha value is -0.950. The molecule has 1 saturated heterocycles. The minimum atomic E-state index is -1.58. The number of carbonyl (C=O) groups excluding carboxylic acids is 1. The Morgan fingerprint density at radius 3 is 2.83 bits per heavy atom. The molecule has 1 aromatic carbocycles. The third kappa shape index (κ3) is 1.68. The molecule has 1 atom stereocenters. The van der Waals surface area contributed by atoms with E-state index < -0.39 is 11.6 Å². The van der Waals surface area contributed by atoms with Crippen LogP contribution in [0.1, 0.15) is 5.56 Å². The number of nitrogens with zero attached hydrogens (tertiary/aromatic N) is 1. The van der Waals surface area contributed by atoms with Crippen LogP contribution in [0.15, 0.2) is 22.7 Å². The number of carbonyl (C=O) groups is 1. The van der Waals surface area contributed by atoms with Crippen molar-refractivity contribution in [1.29, 1.82) is 0 Å². The number of rotatable bonds is 1. The van der Waals surface area contributed by atoms with E-state index in [-0.39, 0.29) is 0 Å². The van der Waals surface area contributed by atoms with Crippen molar-refractivity contribution < 1.29 is 14.6 Å². The molecule has 2 N–H and O–H groups in total. The highest BCUT2D eigenvalue weighted by atomic mass is 79.9. The van der Waals surface area contributed by atoms with Crippen molar-refractivity contribution in [1.82, 2.24) is 4.90 Å². The molecule has 0 aromatic heterocycles. The lowest BCUT2D eigenvalue weighted by Gasteiger charge is -2.37. The van der Waals surface area contributed by atoms with Gasteiger partial charge in [0.25, 0.3) is 5.91 Å². The maximum absolute atomic E-state index is 12.1. The number of hydrogen-bond donors (Lipinski definition) is 2. The first kappa shape index (κ1) is 12.1. The third-order valence-corrected chi connectivity index (χ3v) is 3.88. The molecule has 18 heavy (non-hydrogen) atoms. The first-order valence-corrected chi connectivity index (χ1v) is 6.58. The zero-order chi connectivity index (χ0) is 12.8. The monoisotopic (exact) mass is 312 g/mol. The van der Waals surface area contributed by atoms with Gasteiger partial charge in [0, 0.05) is 28.8 Å². The summed E-state index contributed by atoms with van der Waals surface area (Å²) in [5.74, 6) is -0.391. The van der Waals surface area contributed by atoms with E-state index in [1.165, 1.54) is 0 Å². The van der Waals surface area contributed by atoms with Crippen LogP contribution in [0.3, 0.4) is 0 Å². The van der Waals surface area contributed by atoms with Crippen LogP contribution in [-0.4, -0.2) is 42.2 Å². The summed E-state index contributed by atoms with van der Waals surface area (Å²) in [6.07, 6.45) is 0. The van der Waals surface area contributed by atoms with E-state index in [1.54, 1.807) is 17.0 Å². The largest absolute Gasteiger partial charge is 0.379 e. The van der Waals surface area contributed by atoms with Crippen LogP contribution >= 0.6 is 15.9 Å². The minimum absolute atomic E-state index is 0.391. The number of hydrogen-bond acceptors (Lipinski definition) is 4. The van der Waals surface area contributed by atoms with Gasteiger partial charge in [-0.15, -0.1) is 0 Å². The first-order valence-electron chi connectivity index (χ1n) is 5.79. The number of benzene rings is 1. The lowest BCUT2D eigenvalue weighted by Crippen LogP contribution is -2.55. The molecule has 2 aliphatic heterocycles. The second kappa shape index (κ2) is 4.31. The van der Waals surface area contributed by atoms with Gasteiger partial charge in [-0.25, -0.2) is 0 Å². The molecule has 2 aliphatic rings. The smallest absolute Gasteiger partial charge is 0.276 e. The van der Waals surface area contributed by atoms with Gasteiger partial charge in [0.05, 0.1) is 13.2 Å². The van der Waals surface area contributed by atoms with Crippen molar-refractivity contribution in [3.8, 4) is 0 Å². The zero-order valence-electron chi connectivity index (χ0n) is 9.65. The average molecular weight is 313 g/mol. The van der Waals surface area contributed by atoms with E-state index in [0.29, 0.717) is 37.6 Å². The zero-order valence-corrected chi connectivity index (χ0v) is 11.2. The Kier molecular flexibility index (Phi) is 2.90. The molecule has 1 aromatic rings. The number of fused-ring (bicyclic) bond motifs is 1. The summed E-state index contributed by atoms with van der Waals surface area (Å²) in [4.78, 5) is 13.9. The molecule has 5 nitrogen and oxygen atoms in total. The Bertz CT molecular complexity index is 502.